The Hall–Kier alpha value is -3.10. The third kappa shape index (κ3) is 6.32. The van der Waals surface area contributed by atoms with Gasteiger partial charge in [-0.25, -0.2) is 13.4 Å². The first-order valence-corrected chi connectivity index (χ1v) is 12.6. The Morgan fingerprint density at radius 3 is 2.23 bits per heavy atom. The van der Waals surface area contributed by atoms with Gasteiger partial charge in [0.15, 0.2) is 11.0 Å². The number of carbonyl (C=O) groups excluding carboxylic acids is 1. The van der Waals surface area contributed by atoms with Crippen molar-refractivity contribution in [1.82, 2.24) is 9.71 Å². The number of amides is 2. The maximum absolute atomic E-state index is 14.6. The molecule has 0 aliphatic rings. The number of aliphatic hydroxyl groups is 1. The van der Waals surface area contributed by atoms with Gasteiger partial charge in [-0.15, -0.1) is 0 Å². The standard InChI is InChI=1S/C27H32FN3O3S/c1-16(2)22-7-8-23(28)24(17(3)4)25(22)30-26(32)31-35(34)21-14-19(18-9-11-29-12-10-18)13-20(15-21)27(5,6)33/h7-17,33H,1-6H3,(H2,30,31,32). The second-order valence-electron chi connectivity index (χ2n) is 9.60. The van der Waals surface area contributed by atoms with Crippen LogP contribution in [0.1, 0.15) is 70.1 Å². The summed E-state index contributed by atoms with van der Waals surface area (Å²) in [4.78, 5) is 17.2. The lowest BCUT2D eigenvalue weighted by atomic mass is 9.92. The lowest BCUT2D eigenvalue weighted by molar-refractivity contribution is 0.0784. The molecule has 0 aliphatic carbocycles. The number of aromatic nitrogens is 1. The quantitative estimate of drug-likeness (QED) is 0.362. The highest BCUT2D eigenvalue weighted by atomic mass is 32.2. The molecule has 0 radical (unpaired) electrons. The van der Waals surface area contributed by atoms with Crippen molar-refractivity contribution >= 4 is 22.7 Å². The molecule has 8 heteroatoms. The fourth-order valence-corrected chi connectivity index (χ4v) is 4.65. The molecule has 0 spiro atoms. The molecule has 3 N–H and O–H groups in total. The van der Waals surface area contributed by atoms with Crippen molar-refractivity contribution in [2.24, 2.45) is 0 Å². The molecular weight excluding hydrogens is 465 g/mol. The first kappa shape index (κ1) is 26.5. The molecule has 1 unspecified atom stereocenters. The number of urea groups is 1. The fraction of sp³-hybridized carbons (Fsp3) is 0.333. The molecule has 3 aromatic rings. The summed E-state index contributed by atoms with van der Waals surface area (Å²) in [6, 6.07) is 11.1. The van der Waals surface area contributed by atoms with E-state index in [1.165, 1.54) is 6.07 Å². The number of hydrogen-bond donors (Lipinski definition) is 3. The lowest BCUT2D eigenvalue weighted by Crippen LogP contribution is -2.31. The van der Waals surface area contributed by atoms with Crippen LogP contribution in [0.3, 0.4) is 0 Å². The molecule has 0 saturated carbocycles. The van der Waals surface area contributed by atoms with E-state index in [0.717, 1.165) is 16.7 Å². The Balaban J connectivity index is 1.94. The highest BCUT2D eigenvalue weighted by molar-refractivity contribution is 7.83. The predicted molar refractivity (Wildman–Crippen MR) is 138 cm³/mol. The van der Waals surface area contributed by atoms with E-state index in [2.05, 4.69) is 15.0 Å². The van der Waals surface area contributed by atoms with Gasteiger partial charge in [0.2, 0.25) is 0 Å². The zero-order valence-electron chi connectivity index (χ0n) is 20.8. The Morgan fingerprint density at radius 1 is 1.00 bits per heavy atom. The van der Waals surface area contributed by atoms with Gasteiger partial charge in [-0.2, -0.15) is 0 Å². The summed E-state index contributed by atoms with van der Waals surface area (Å²) in [5.74, 6) is -0.526. The van der Waals surface area contributed by atoms with Crippen LogP contribution < -0.4 is 10.0 Å². The van der Waals surface area contributed by atoms with Crippen LogP contribution in [0.2, 0.25) is 0 Å². The van der Waals surface area contributed by atoms with Gasteiger partial charge in [-0.05, 0) is 84.3 Å². The summed E-state index contributed by atoms with van der Waals surface area (Å²) in [5, 5.41) is 13.3. The van der Waals surface area contributed by atoms with Gasteiger partial charge in [-0.3, -0.25) is 9.71 Å². The molecule has 2 aromatic carbocycles. The second-order valence-corrected chi connectivity index (χ2v) is 10.8. The minimum Gasteiger partial charge on any atom is -0.386 e. The Kier molecular flexibility index (Phi) is 8.07. The number of halogens is 1. The predicted octanol–water partition coefficient (Wildman–Crippen LogP) is 6.21. The first-order chi connectivity index (χ1) is 16.4. The third-order valence-corrected chi connectivity index (χ3v) is 6.72. The van der Waals surface area contributed by atoms with E-state index < -0.39 is 28.4 Å². The molecule has 1 atom stereocenters. The Bertz CT molecular complexity index is 1240. The molecule has 35 heavy (non-hydrogen) atoms. The zero-order chi connectivity index (χ0) is 25.9. The largest absolute Gasteiger partial charge is 0.386 e. The lowest BCUT2D eigenvalue weighted by Gasteiger charge is -2.22. The van der Waals surface area contributed by atoms with E-state index in [0.29, 0.717) is 21.7 Å². The number of rotatable bonds is 7. The average Bonchev–Trinajstić information content (AvgIpc) is 2.78. The summed E-state index contributed by atoms with van der Waals surface area (Å²) in [5.41, 5.74) is 2.51. The van der Waals surface area contributed by atoms with Crippen LogP contribution in [-0.2, 0) is 16.6 Å². The Morgan fingerprint density at radius 2 is 1.66 bits per heavy atom. The SMILES string of the molecule is CC(C)c1ccc(F)c(C(C)C)c1NC(=O)NS(=O)c1cc(-c2ccncc2)cc(C(C)(C)O)c1. The van der Waals surface area contributed by atoms with Gasteiger partial charge in [-0.1, -0.05) is 33.8 Å². The molecule has 0 aliphatic heterocycles. The van der Waals surface area contributed by atoms with Crippen LogP contribution >= 0.6 is 0 Å². The molecule has 1 heterocycles. The maximum Gasteiger partial charge on any atom is 0.331 e. The topological polar surface area (TPSA) is 91.3 Å². The average molecular weight is 498 g/mol. The van der Waals surface area contributed by atoms with Gasteiger partial charge in [0.1, 0.15) is 5.82 Å². The molecule has 0 fully saturated rings. The van der Waals surface area contributed by atoms with E-state index in [4.69, 9.17) is 0 Å². The summed E-state index contributed by atoms with van der Waals surface area (Å²) in [7, 11) is -1.94. The minimum atomic E-state index is -1.94. The van der Waals surface area contributed by atoms with Crippen molar-refractivity contribution < 1.29 is 18.5 Å². The molecule has 6 nitrogen and oxygen atoms in total. The van der Waals surface area contributed by atoms with E-state index in [1.807, 2.05) is 33.8 Å². The number of hydrogen-bond acceptors (Lipinski definition) is 4. The van der Waals surface area contributed by atoms with Crippen LogP contribution in [0.4, 0.5) is 14.9 Å². The number of anilines is 1. The molecule has 3 rings (SSSR count). The molecule has 2 amide bonds. The van der Waals surface area contributed by atoms with Gasteiger partial charge >= 0.3 is 6.03 Å². The van der Waals surface area contributed by atoms with Crippen molar-refractivity contribution in [2.45, 2.75) is 63.9 Å². The van der Waals surface area contributed by atoms with Crippen LogP contribution in [-0.4, -0.2) is 20.3 Å². The maximum atomic E-state index is 14.6. The van der Waals surface area contributed by atoms with Crippen LogP contribution in [0, 0.1) is 5.82 Å². The first-order valence-electron chi connectivity index (χ1n) is 11.5. The highest BCUT2D eigenvalue weighted by Gasteiger charge is 2.23. The third-order valence-electron chi connectivity index (χ3n) is 5.69. The highest BCUT2D eigenvalue weighted by Crippen LogP contribution is 2.34. The smallest absolute Gasteiger partial charge is 0.331 e. The minimum absolute atomic E-state index is 0.0419. The normalized spacial score (nSPS) is 12.6. The van der Waals surface area contributed by atoms with Gasteiger partial charge in [0.25, 0.3) is 0 Å². The van der Waals surface area contributed by atoms with E-state index in [9.17, 15) is 18.5 Å². The molecular formula is C27H32FN3O3S. The molecule has 186 valence electrons. The Labute approximate surface area is 208 Å². The van der Waals surface area contributed by atoms with E-state index in [1.54, 1.807) is 56.6 Å². The van der Waals surface area contributed by atoms with Crippen molar-refractivity contribution in [3.8, 4) is 11.1 Å². The van der Waals surface area contributed by atoms with Crippen LogP contribution in [0.15, 0.2) is 59.8 Å². The van der Waals surface area contributed by atoms with Crippen LogP contribution in [0.25, 0.3) is 11.1 Å². The van der Waals surface area contributed by atoms with Crippen molar-refractivity contribution in [3.63, 3.8) is 0 Å². The fourth-order valence-electron chi connectivity index (χ4n) is 3.85. The van der Waals surface area contributed by atoms with E-state index in [-0.39, 0.29) is 11.8 Å². The molecule has 1 aromatic heterocycles. The number of nitrogens with zero attached hydrogens (tertiary/aromatic N) is 1. The number of nitrogens with one attached hydrogen (secondary N) is 2. The van der Waals surface area contributed by atoms with Gasteiger partial charge in [0, 0.05) is 18.0 Å². The molecule has 0 saturated heterocycles. The van der Waals surface area contributed by atoms with Crippen molar-refractivity contribution in [3.05, 3.63) is 77.4 Å². The summed E-state index contributed by atoms with van der Waals surface area (Å²) in [6.45, 7) is 10.9. The van der Waals surface area contributed by atoms with Gasteiger partial charge in [0.05, 0.1) is 16.2 Å². The van der Waals surface area contributed by atoms with Crippen LogP contribution in [0.5, 0.6) is 0 Å². The molecule has 0 bridgehead atoms. The van der Waals surface area contributed by atoms with Crippen molar-refractivity contribution in [2.75, 3.05) is 5.32 Å². The number of pyridine rings is 1. The van der Waals surface area contributed by atoms with E-state index >= 15 is 0 Å². The zero-order valence-corrected chi connectivity index (χ0v) is 21.7. The monoisotopic (exact) mass is 497 g/mol. The van der Waals surface area contributed by atoms with Crippen molar-refractivity contribution in [1.29, 1.82) is 0 Å². The summed E-state index contributed by atoms with van der Waals surface area (Å²) >= 11 is 0. The summed E-state index contributed by atoms with van der Waals surface area (Å²) < 4.78 is 30.3. The van der Waals surface area contributed by atoms with Gasteiger partial charge < -0.3 is 10.4 Å². The number of benzene rings is 2. The second kappa shape index (κ2) is 10.7. The number of carbonyl (C=O) groups is 1. The summed E-state index contributed by atoms with van der Waals surface area (Å²) in [6.07, 6.45) is 3.29.